The van der Waals surface area contributed by atoms with E-state index in [0.29, 0.717) is 19.0 Å². The molecule has 0 aromatic carbocycles. The lowest BCUT2D eigenvalue weighted by atomic mass is 9.98. The molecule has 0 aliphatic carbocycles. The molecule has 1 fully saturated rings. The number of amides is 2. The van der Waals surface area contributed by atoms with E-state index < -0.39 is 5.97 Å². The molecule has 17 heavy (non-hydrogen) atoms. The van der Waals surface area contributed by atoms with Crippen LogP contribution in [0.2, 0.25) is 0 Å². The van der Waals surface area contributed by atoms with Crippen LogP contribution in [-0.2, 0) is 4.79 Å². The van der Waals surface area contributed by atoms with Crippen LogP contribution >= 0.6 is 0 Å². The highest BCUT2D eigenvalue weighted by Crippen LogP contribution is 2.16. The number of carbonyl (C=O) groups is 2. The SMILES string of the molecule is CN(C)C(=O)N1CCCC(CNCC(=O)O)C1. The van der Waals surface area contributed by atoms with Gasteiger partial charge in [-0.25, -0.2) is 4.79 Å². The summed E-state index contributed by atoms with van der Waals surface area (Å²) in [5.74, 6) is -0.492. The first-order valence-electron chi connectivity index (χ1n) is 5.89. The van der Waals surface area contributed by atoms with Gasteiger partial charge in [-0.2, -0.15) is 0 Å². The summed E-state index contributed by atoms with van der Waals surface area (Å²) in [6.07, 6.45) is 2.03. The van der Waals surface area contributed by atoms with Gasteiger partial charge in [0.1, 0.15) is 0 Å². The Morgan fingerprint density at radius 1 is 1.47 bits per heavy atom. The second-order valence-corrected chi connectivity index (χ2v) is 4.66. The lowest BCUT2D eigenvalue weighted by Gasteiger charge is -2.34. The maximum absolute atomic E-state index is 11.8. The second-order valence-electron chi connectivity index (χ2n) is 4.66. The van der Waals surface area contributed by atoms with E-state index in [1.165, 1.54) is 0 Å². The van der Waals surface area contributed by atoms with Crippen molar-refractivity contribution in [3.8, 4) is 0 Å². The molecule has 2 N–H and O–H groups in total. The monoisotopic (exact) mass is 243 g/mol. The van der Waals surface area contributed by atoms with E-state index in [9.17, 15) is 9.59 Å². The number of hydrogen-bond donors (Lipinski definition) is 2. The summed E-state index contributed by atoms with van der Waals surface area (Å²) in [6, 6.07) is 0.0351. The van der Waals surface area contributed by atoms with Gasteiger partial charge in [-0.15, -0.1) is 0 Å². The summed E-state index contributed by atoms with van der Waals surface area (Å²) in [6.45, 7) is 2.15. The molecule has 1 atom stereocenters. The fraction of sp³-hybridized carbons (Fsp3) is 0.818. The zero-order valence-corrected chi connectivity index (χ0v) is 10.5. The van der Waals surface area contributed by atoms with Gasteiger partial charge in [0.05, 0.1) is 6.54 Å². The average Bonchev–Trinajstić information content (AvgIpc) is 2.28. The molecular formula is C11H21N3O3. The fourth-order valence-corrected chi connectivity index (χ4v) is 2.07. The Morgan fingerprint density at radius 3 is 2.76 bits per heavy atom. The minimum absolute atomic E-state index is 0.0157. The molecule has 1 unspecified atom stereocenters. The van der Waals surface area contributed by atoms with Crippen molar-refractivity contribution in [3.63, 3.8) is 0 Å². The highest BCUT2D eigenvalue weighted by molar-refractivity contribution is 5.73. The molecule has 0 radical (unpaired) electrons. The zero-order valence-electron chi connectivity index (χ0n) is 10.5. The van der Waals surface area contributed by atoms with Gasteiger partial charge in [-0.3, -0.25) is 4.79 Å². The first-order valence-corrected chi connectivity index (χ1v) is 5.89. The first-order chi connectivity index (χ1) is 8.00. The van der Waals surface area contributed by atoms with E-state index in [2.05, 4.69) is 5.32 Å². The normalized spacial score (nSPS) is 20.1. The molecule has 1 heterocycles. The van der Waals surface area contributed by atoms with Crippen molar-refractivity contribution in [2.75, 3.05) is 40.3 Å². The van der Waals surface area contributed by atoms with Crippen molar-refractivity contribution in [2.45, 2.75) is 12.8 Å². The van der Waals surface area contributed by atoms with Crippen molar-refractivity contribution in [3.05, 3.63) is 0 Å². The van der Waals surface area contributed by atoms with E-state index in [1.54, 1.807) is 19.0 Å². The van der Waals surface area contributed by atoms with Gasteiger partial charge in [0, 0.05) is 33.7 Å². The Balaban J connectivity index is 2.33. The van der Waals surface area contributed by atoms with Crippen LogP contribution in [0, 0.1) is 5.92 Å². The largest absolute Gasteiger partial charge is 0.480 e. The highest BCUT2D eigenvalue weighted by atomic mass is 16.4. The number of aliphatic carboxylic acids is 1. The molecule has 1 rings (SSSR count). The molecule has 2 amide bonds. The molecule has 1 aliphatic rings. The molecule has 0 saturated carbocycles. The lowest BCUT2D eigenvalue weighted by molar-refractivity contribution is -0.136. The molecule has 1 aliphatic heterocycles. The predicted octanol–water partition coefficient (Wildman–Crippen LogP) is 0.0542. The molecule has 0 aromatic heterocycles. The van der Waals surface area contributed by atoms with Gasteiger partial charge >= 0.3 is 12.0 Å². The number of carbonyl (C=O) groups excluding carboxylic acids is 1. The Kier molecular flexibility index (Phi) is 5.21. The number of rotatable bonds is 4. The zero-order chi connectivity index (χ0) is 12.8. The number of likely N-dealkylation sites (tertiary alicyclic amines) is 1. The summed E-state index contributed by atoms with van der Waals surface area (Å²) < 4.78 is 0. The van der Waals surface area contributed by atoms with E-state index in [1.807, 2.05) is 4.90 Å². The average molecular weight is 243 g/mol. The Labute approximate surface area is 102 Å². The molecular weight excluding hydrogens is 222 g/mol. The van der Waals surface area contributed by atoms with Crippen molar-refractivity contribution in [1.82, 2.24) is 15.1 Å². The van der Waals surface area contributed by atoms with Gasteiger partial charge in [0.25, 0.3) is 0 Å². The number of nitrogens with one attached hydrogen (secondary N) is 1. The Bertz CT molecular complexity index is 281. The number of urea groups is 1. The molecule has 6 heteroatoms. The maximum atomic E-state index is 11.8. The van der Waals surface area contributed by atoms with Crippen LogP contribution in [0.25, 0.3) is 0 Å². The molecule has 0 bridgehead atoms. The van der Waals surface area contributed by atoms with E-state index in [0.717, 1.165) is 19.4 Å². The van der Waals surface area contributed by atoms with Gasteiger partial charge in [-0.05, 0) is 18.8 Å². The van der Waals surface area contributed by atoms with Crippen molar-refractivity contribution in [1.29, 1.82) is 0 Å². The smallest absolute Gasteiger partial charge is 0.319 e. The standard InChI is InChI=1S/C11H21N3O3/c1-13(2)11(17)14-5-3-4-9(8-14)6-12-7-10(15)16/h9,12H,3-8H2,1-2H3,(H,15,16). The summed E-state index contributed by atoms with van der Waals surface area (Å²) in [5, 5.41) is 11.4. The first kappa shape index (κ1) is 13.8. The number of carboxylic acid groups (broad SMARTS) is 1. The number of carboxylic acids is 1. The molecule has 98 valence electrons. The van der Waals surface area contributed by atoms with Gasteiger partial charge in [-0.1, -0.05) is 0 Å². The van der Waals surface area contributed by atoms with Crippen LogP contribution in [0.4, 0.5) is 4.79 Å². The van der Waals surface area contributed by atoms with Crippen LogP contribution in [0.5, 0.6) is 0 Å². The third-order valence-corrected chi connectivity index (χ3v) is 2.88. The van der Waals surface area contributed by atoms with Crippen molar-refractivity contribution < 1.29 is 14.7 Å². The van der Waals surface area contributed by atoms with Gasteiger partial charge in [0.15, 0.2) is 0 Å². The second kappa shape index (κ2) is 6.44. The summed E-state index contributed by atoms with van der Waals surface area (Å²) >= 11 is 0. The predicted molar refractivity (Wildman–Crippen MR) is 63.9 cm³/mol. The molecule has 1 saturated heterocycles. The third kappa shape index (κ3) is 4.60. The quantitative estimate of drug-likeness (QED) is 0.732. The number of hydrogen-bond acceptors (Lipinski definition) is 3. The van der Waals surface area contributed by atoms with Gasteiger partial charge < -0.3 is 20.2 Å². The molecule has 0 spiro atoms. The summed E-state index contributed by atoms with van der Waals surface area (Å²) in [5.41, 5.74) is 0. The van der Waals surface area contributed by atoms with Crippen LogP contribution < -0.4 is 5.32 Å². The Morgan fingerprint density at radius 2 is 2.18 bits per heavy atom. The highest BCUT2D eigenvalue weighted by Gasteiger charge is 2.24. The number of nitrogens with zero attached hydrogens (tertiary/aromatic N) is 2. The van der Waals surface area contributed by atoms with Gasteiger partial charge in [0.2, 0.25) is 0 Å². The minimum atomic E-state index is -0.845. The van der Waals surface area contributed by atoms with Crippen molar-refractivity contribution >= 4 is 12.0 Å². The summed E-state index contributed by atoms with van der Waals surface area (Å²) in [7, 11) is 3.49. The van der Waals surface area contributed by atoms with Crippen LogP contribution in [0.1, 0.15) is 12.8 Å². The Hall–Kier alpha value is -1.30. The van der Waals surface area contributed by atoms with Crippen LogP contribution in [0.3, 0.4) is 0 Å². The van der Waals surface area contributed by atoms with E-state index >= 15 is 0 Å². The number of piperidine rings is 1. The van der Waals surface area contributed by atoms with E-state index in [-0.39, 0.29) is 12.6 Å². The summed E-state index contributed by atoms with van der Waals surface area (Å²) in [4.78, 5) is 25.5. The fourth-order valence-electron chi connectivity index (χ4n) is 2.07. The minimum Gasteiger partial charge on any atom is -0.480 e. The van der Waals surface area contributed by atoms with Crippen LogP contribution in [-0.4, -0.2) is 67.2 Å². The maximum Gasteiger partial charge on any atom is 0.319 e. The molecule has 6 nitrogen and oxygen atoms in total. The lowest BCUT2D eigenvalue weighted by Crippen LogP contribution is -2.47. The van der Waals surface area contributed by atoms with Crippen LogP contribution in [0.15, 0.2) is 0 Å². The third-order valence-electron chi connectivity index (χ3n) is 2.88. The molecule has 0 aromatic rings. The van der Waals surface area contributed by atoms with E-state index in [4.69, 9.17) is 5.11 Å². The van der Waals surface area contributed by atoms with Crippen molar-refractivity contribution in [2.24, 2.45) is 5.92 Å². The topological polar surface area (TPSA) is 72.9 Å².